The maximum Gasteiger partial charge on any atom is 0.265 e. The molecule has 0 saturated carbocycles. The van der Waals surface area contributed by atoms with Crippen LogP contribution in [0.2, 0.25) is 0 Å². The standard InChI is InChI=1S/C18H23FN4O7S2/c1-21-11-12(8-14(21)18(20)24)31(25,26)22-4-6-23(7-5-22)32(27,28)17-10-16(30-3)15(29-2)9-13(17)19/h8-11H,4-7H2,1-3H3,(H2,20,24). The number of carbonyl (C=O) groups excluding carboxylic acids is 1. The molecule has 1 aromatic carbocycles. The minimum absolute atomic E-state index is 0.0220. The van der Waals surface area contributed by atoms with Crippen molar-refractivity contribution < 1.29 is 35.5 Å². The molecule has 176 valence electrons. The van der Waals surface area contributed by atoms with Crippen molar-refractivity contribution >= 4 is 26.0 Å². The largest absolute Gasteiger partial charge is 0.493 e. The van der Waals surface area contributed by atoms with Crippen LogP contribution in [0.25, 0.3) is 0 Å². The Labute approximate surface area is 185 Å². The Morgan fingerprint density at radius 3 is 1.91 bits per heavy atom. The van der Waals surface area contributed by atoms with Crippen LogP contribution in [-0.4, -0.2) is 76.3 Å². The molecule has 2 heterocycles. The molecule has 1 saturated heterocycles. The Balaban J connectivity index is 1.82. The van der Waals surface area contributed by atoms with Crippen LogP contribution in [0.1, 0.15) is 10.5 Å². The van der Waals surface area contributed by atoms with Gasteiger partial charge in [-0.05, 0) is 6.07 Å². The van der Waals surface area contributed by atoms with Gasteiger partial charge in [0, 0.05) is 51.6 Å². The molecule has 0 unspecified atom stereocenters. The average molecular weight is 491 g/mol. The third-order valence-electron chi connectivity index (χ3n) is 5.12. The second-order valence-electron chi connectivity index (χ2n) is 6.98. The Bertz CT molecular complexity index is 1250. The van der Waals surface area contributed by atoms with Crippen molar-refractivity contribution in [3.63, 3.8) is 0 Å². The van der Waals surface area contributed by atoms with Crippen molar-refractivity contribution in [2.75, 3.05) is 40.4 Å². The molecule has 3 rings (SSSR count). The van der Waals surface area contributed by atoms with Crippen molar-refractivity contribution in [2.45, 2.75) is 9.79 Å². The van der Waals surface area contributed by atoms with Crippen molar-refractivity contribution in [3.8, 4) is 11.5 Å². The van der Waals surface area contributed by atoms with Gasteiger partial charge in [0.1, 0.15) is 21.3 Å². The van der Waals surface area contributed by atoms with Crippen LogP contribution in [-0.2, 0) is 27.1 Å². The Morgan fingerprint density at radius 2 is 1.44 bits per heavy atom. The molecule has 0 spiro atoms. The number of benzene rings is 1. The molecular weight excluding hydrogens is 467 g/mol. The molecule has 0 bridgehead atoms. The average Bonchev–Trinajstić information content (AvgIpc) is 3.16. The molecule has 2 N–H and O–H groups in total. The highest BCUT2D eigenvalue weighted by Crippen LogP contribution is 2.33. The number of carbonyl (C=O) groups is 1. The fourth-order valence-electron chi connectivity index (χ4n) is 3.39. The van der Waals surface area contributed by atoms with Crippen molar-refractivity contribution in [2.24, 2.45) is 12.8 Å². The molecule has 1 amide bonds. The molecule has 1 aromatic heterocycles. The molecule has 1 fully saturated rings. The van der Waals surface area contributed by atoms with Gasteiger partial charge in [-0.15, -0.1) is 0 Å². The molecular formula is C18H23FN4O7S2. The summed E-state index contributed by atoms with van der Waals surface area (Å²) in [5.41, 5.74) is 5.26. The fraction of sp³-hybridized carbons (Fsp3) is 0.389. The smallest absolute Gasteiger partial charge is 0.265 e. The van der Waals surface area contributed by atoms with Gasteiger partial charge < -0.3 is 19.8 Å². The summed E-state index contributed by atoms with van der Waals surface area (Å²) in [6, 6.07) is 3.11. The van der Waals surface area contributed by atoms with E-state index in [4.69, 9.17) is 15.2 Å². The Hall–Kier alpha value is -2.68. The lowest BCUT2D eigenvalue weighted by Gasteiger charge is -2.33. The summed E-state index contributed by atoms with van der Waals surface area (Å²) in [4.78, 5) is 10.7. The van der Waals surface area contributed by atoms with Gasteiger partial charge in [-0.2, -0.15) is 8.61 Å². The lowest BCUT2D eigenvalue weighted by Crippen LogP contribution is -2.50. The number of amides is 1. The van der Waals surface area contributed by atoms with Crippen LogP contribution in [0, 0.1) is 5.82 Å². The van der Waals surface area contributed by atoms with E-state index in [9.17, 15) is 26.0 Å². The fourth-order valence-corrected chi connectivity index (χ4v) is 6.37. The van der Waals surface area contributed by atoms with Gasteiger partial charge in [0.2, 0.25) is 20.0 Å². The van der Waals surface area contributed by atoms with Gasteiger partial charge in [-0.3, -0.25) is 4.79 Å². The highest BCUT2D eigenvalue weighted by Gasteiger charge is 2.36. The van der Waals surface area contributed by atoms with Crippen LogP contribution >= 0.6 is 0 Å². The number of piperazine rings is 1. The van der Waals surface area contributed by atoms with E-state index in [0.29, 0.717) is 0 Å². The number of sulfonamides is 2. The third kappa shape index (κ3) is 4.18. The lowest BCUT2D eigenvalue weighted by molar-refractivity contribution is 0.0992. The summed E-state index contributed by atoms with van der Waals surface area (Å²) in [6.07, 6.45) is 1.26. The summed E-state index contributed by atoms with van der Waals surface area (Å²) in [5.74, 6) is -1.70. The maximum atomic E-state index is 14.5. The van der Waals surface area contributed by atoms with E-state index in [1.807, 2.05) is 0 Å². The first-order chi connectivity index (χ1) is 14.9. The van der Waals surface area contributed by atoms with E-state index in [2.05, 4.69) is 0 Å². The number of rotatable bonds is 7. The molecule has 1 aliphatic rings. The first kappa shape index (κ1) is 24.0. The summed E-state index contributed by atoms with van der Waals surface area (Å²) in [7, 11) is -4.17. The topological polar surface area (TPSA) is 141 Å². The molecule has 2 aromatic rings. The van der Waals surface area contributed by atoms with Gasteiger partial charge in [0.05, 0.1) is 14.2 Å². The second-order valence-corrected chi connectivity index (χ2v) is 10.8. The van der Waals surface area contributed by atoms with Gasteiger partial charge in [-0.25, -0.2) is 21.2 Å². The van der Waals surface area contributed by atoms with E-state index in [1.165, 1.54) is 38.1 Å². The molecule has 0 atom stereocenters. The minimum Gasteiger partial charge on any atom is -0.493 e. The van der Waals surface area contributed by atoms with Gasteiger partial charge >= 0.3 is 0 Å². The number of halogens is 1. The number of nitrogens with zero attached hydrogens (tertiary/aromatic N) is 3. The zero-order valence-corrected chi connectivity index (χ0v) is 19.2. The third-order valence-corrected chi connectivity index (χ3v) is 8.90. The van der Waals surface area contributed by atoms with Gasteiger partial charge in [-0.1, -0.05) is 0 Å². The van der Waals surface area contributed by atoms with E-state index in [0.717, 1.165) is 20.7 Å². The zero-order chi connectivity index (χ0) is 23.8. The normalized spacial score (nSPS) is 16.1. The summed E-state index contributed by atoms with van der Waals surface area (Å²) >= 11 is 0. The van der Waals surface area contributed by atoms with E-state index in [1.54, 1.807) is 0 Å². The van der Waals surface area contributed by atoms with Crippen molar-refractivity contribution in [3.05, 3.63) is 35.9 Å². The molecule has 1 aliphatic heterocycles. The van der Waals surface area contributed by atoms with Gasteiger partial charge in [0.15, 0.2) is 11.5 Å². The SMILES string of the molecule is COc1cc(F)c(S(=O)(=O)N2CCN(S(=O)(=O)c3cc(C(N)=O)n(C)c3)CC2)cc1OC. The van der Waals surface area contributed by atoms with Crippen LogP contribution < -0.4 is 15.2 Å². The Kier molecular flexibility index (Phi) is 6.51. The lowest BCUT2D eigenvalue weighted by atomic mass is 10.3. The summed E-state index contributed by atoms with van der Waals surface area (Å²) in [5, 5.41) is 0. The minimum atomic E-state index is -4.26. The van der Waals surface area contributed by atoms with Crippen LogP contribution in [0.15, 0.2) is 34.2 Å². The van der Waals surface area contributed by atoms with E-state index < -0.39 is 36.7 Å². The number of hydrogen-bond acceptors (Lipinski definition) is 7. The summed E-state index contributed by atoms with van der Waals surface area (Å²) < 4.78 is 79.8. The highest BCUT2D eigenvalue weighted by molar-refractivity contribution is 7.89. The number of aryl methyl sites for hydroxylation is 1. The predicted octanol–water partition coefficient (Wildman–Crippen LogP) is -0.0245. The first-order valence-electron chi connectivity index (χ1n) is 9.31. The number of nitrogens with two attached hydrogens (primary N) is 1. The predicted molar refractivity (Wildman–Crippen MR) is 111 cm³/mol. The molecule has 32 heavy (non-hydrogen) atoms. The quantitative estimate of drug-likeness (QED) is 0.575. The maximum absolute atomic E-state index is 14.5. The van der Waals surface area contributed by atoms with Crippen molar-refractivity contribution in [1.82, 2.24) is 13.2 Å². The van der Waals surface area contributed by atoms with E-state index in [-0.39, 0.29) is 48.3 Å². The van der Waals surface area contributed by atoms with Gasteiger partial charge in [0.25, 0.3) is 5.91 Å². The van der Waals surface area contributed by atoms with Crippen LogP contribution in [0.3, 0.4) is 0 Å². The first-order valence-corrected chi connectivity index (χ1v) is 12.2. The zero-order valence-electron chi connectivity index (χ0n) is 17.6. The number of methoxy groups -OCH3 is 2. The van der Waals surface area contributed by atoms with Crippen molar-refractivity contribution in [1.29, 1.82) is 0 Å². The molecule has 14 heteroatoms. The number of ether oxygens (including phenoxy) is 2. The summed E-state index contributed by atoms with van der Waals surface area (Å²) in [6.45, 7) is -0.690. The molecule has 0 aliphatic carbocycles. The van der Waals surface area contributed by atoms with E-state index >= 15 is 0 Å². The molecule has 0 radical (unpaired) electrons. The number of hydrogen-bond donors (Lipinski definition) is 1. The van der Waals surface area contributed by atoms with Crippen LogP contribution in [0.5, 0.6) is 11.5 Å². The Morgan fingerprint density at radius 1 is 0.938 bits per heavy atom. The molecule has 11 nitrogen and oxygen atoms in total. The monoisotopic (exact) mass is 490 g/mol. The highest BCUT2D eigenvalue weighted by atomic mass is 32.2. The second kappa shape index (κ2) is 8.69. The van der Waals surface area contributed by atoms with Crippen LogP contribution in [0.4, 0.5) is 4.39 Å². The number of primary amides is 1. The number of aromatic nitrogens is 1.